The van der Waals surface area contributed by atoms with E-state index < -0.39 is 17.7 Å². The van der Waals surface area contributed by atoms with Crippen molar-refractivity contribution in [1.29, 1.82) is 5.26 Å². The van der Waals surface area contributed by atoms with E-state index >= 15 is 0 Å². The Morgan fingerprint density at radius 1 is 1.05 bits per heavy atom. The van der Waals surface area contributed by atoms with Crippen LogP contribution in [0.3, 0.4) is 0 Å². The number of hydrogen-bond acceptors (Lipinski definition) is 7. The molecule has 0 unspecified atom stereocenters. The lowest BCUT2D eigenvalue weighted by Crippen LogP contribution is -2.46. The van der Waals surface area contributed by atoms with Gasteiger partial charge in [0, 0.05) is 54.4 Å². The van der Waals surface area contributed by atoms with Crippen LogP contribution in [0.5, 0.6) is 0 Å². The average Bonchev–Trinajstić information content (AvgIpc) is 3.53. The third kappa shape index (κ3) is 6.55. The minimum absolute atomic E-state index is 0.0341. The van der Waals surface area contributed by atoms with Crippen LogP contribution in [0.2, 0.25) is 0 Å². The summed E-state index contributed by atoms with van der Waals surface area (Å²) in [5.41, 5.74) is 4.23. The Morgan fingerprint density at radius 2 is 1.79 bits per heavy atom. The van der Waals surface area contributed by atoms with Crippen LogP contribution < -0.4 is 4.90 Å². The smallest absolute Gasteiger partial charge is 0.419 e. The number of carbonyl (C=O) groups is 2. The summed E-state index contributed by atoms with van der Waals surface area (Å²) in [4.78, 5) is 29.4. The molecule has 1 fully saturated rings. The quantitative estimate of drug-likeness (QED) is 0.220. The van der Waals surface area contributed by atoms with Crippen molar-refractivity contribution in [2.24, 2.45) is 0 Å². The fourth-order valence-corrected chi connectivity index (χ4v) is 5.94. The summed E-state index contributed by atoms with van der Waals surface area (Å²) in [7, 11) is 0. The van der Waals surface area contributed by atoms with Crippen LogP contribution in [-0.2, 0) is 11.2 Å². The Bertz CT molecular complexity index is 1690. The van der Waals surface area contributed by atoms with Crippen LogP contribution in [-0.4, -0.2) is 65.0 Å². The first-order valence-corrected chi connectivity index (χ1v) is 15.0. The third-order valence-corrected chi connectivity index (χ3v) is 8.00. The summed E-state index contributed by atoms with van der Waals surface area (Å²) >= 11 is 0. The first-order chi connectivity index (χ1) is 20.4. The predicted molar refractivity (Wildman–Crippen MR) is 167 cm³/mol. The SMILES string of the molecule is CC(C)c1c(C(=O)O)oc2ccc(N3CCN(CCCCc4cn(C(=O)OC(C)(C)C)c5ccc(C#N)cc45)CC3)cc12. The number of piperazine rings is 1. The van der Waals surface area contributed by atoms with Crippen molar-refractivity contribution in [2.45, 2.75) is 65.4 Å². The number of ether oxygens (including phenoxy) is 1. The van der Waals surface area contributed by atoms with Crippen molar-refractivity contribution in [3.05, 3.63) is 65.0 Å². The number of fused-ring (bicyclic) bond motifs is 2. The lowest BCUT2D eigenvalue weighted by Gasteiger charge is -2.36. The Morgan fingerprint density at radius 3 is 2.44 bits per heavy atom. The summed E-state index contributed by atoms with van der Waals surface area (Å²) in [5.74, 6) is -0.954. The molecule has 1 aliphatic rings. The van der Waals surface area contributed by atoms with Crippen molar-refractivity contribution >= 4 is 39.6 Å². The monoisotopic (exact) mass is 584 g/mol. The average molecular weight is 585 g/mol. The predicted octanol–water partition coefficient (Wildman–Crippen LogP) is 7.01. The molecular weight excluding hydrogens is 544 g/mol. The molecule has 43 heavy (non-hydrogen) atoms. The van der Waals surface area contributed by atoms with Gasteiger partial charge >= 0.3 is 12.1 Å². The Hall–Kier alpha value is -4.29. The highest BCUT2D eigenvalue weighted by Gasteiger charge is 2.25. The van der Waals surface area contributed by atoms with E-state index in [-0.39, 0.29) is 11.7 Å². The fourth-order valence-electron chi connectivity index (χ4n) is 5.94. The molecule has 226 valence electrons. The number of anilines is 1. The van der Waals surface area contributed by atoms with Gasteiger partial charge < -0.3 is 19.2 Å². The number of aryl methyl sites for hydroxylation is 1. The van der Waals surface area contributed by atoms with Gasteiger partial charge in [0.1, 0.15) is 11.2 Å². The number of unbranched alkanes of at least 4 members (excludes halogenated alkanes) is 1. The fraction of sp³-hybridized carbons (Fsp3) is 0.441. The lowest BCUT2D eigenvalue weighted by atomic mass is 9.99. The van der Waals surface area contributed by atoms with E-state index in [9.17, 15) is 20.0 Å². The molecule has 9 nitrogen and oxygen atoms in total. The van der Waals surface area contributed by atoms with Gasteiger partial charge in [-0.05, 0) is 94.5 Å². The number of nitriles is 1. The van der Waals surface area contributed by atoms with Crippen molar-refractivity contribution < 1.29 is 23.8 Å². The lowest BCUT2D eigenvalue weighted by molar-refractivity contribution is 0.0543. The second-order valence-corrected chi connectivity index (χ2v) is 12.6. The molecule has 3 heterocycles. The van der Waals surface area contributed by atoms with Gasteiger partial charge in [-0.15, -0.1) is 0 Å². The van der Waals surface area contributed by atoms with Crippen LogP contribution in [0.15, 0.2) is 47.0 Å². The van der Waals surface area contributed by atoms with E-state index in [0.717, 1.165) is 85.1 Å². The molecule has 0 radical (unpaired) electrons. The molecule has 1 saturated heterocycles. The van der Waals surface area contributed by atoms with Gasteiger partial charge in [-0.1, -0.05) is 13.8 Å². The summed E-state index contributed by atoms with van der Waals surface area (Å²) in [6.45, 7) is 14.2. The first-order valence-electron chi connectivity index (χ1n) is 15.0. The van der Waals surface area contributed by atoms with Gasteiger partial charge in [-0.3, -0.25) is 9.47 Å². The minimum atomic E-state index is -1.03. The highest BCUT2D eigenvalue weighted by Crippen LogP contribution is 2.35. The van der Waals surface area contributed by atoms with E-state index in [1.807, 2.05) is 65.1 Å². The zero-order valence-corrected chi connectivity index (χ0v) is 25.6. The van der Waals surface area contributed by atoms with Gasteiger partial charge in [-0.25, -0.2) is 9.59 Å². The number of aromatic carboxylic acids is 1. The highest BCUT2D eigenvalue weighted by molar-refractivity contribution is 5.97. The van der Waals surface area contributed by atoms with E-state index in [0.29, 0.717) is 11.1 Å². The molecule has 0 spiro atoms. The van der Waals surface area contributed by atoms with Crippen LogP contribution in [0.4, 0.5) is 10.5 Å². The van der Waals surface area contributed by atoms with E-state index in [2.05, 4.69) is 21.9 Å². The minimum Gasteiger partial charge on any atom is -0.475 e. The van der Waals surface area contributed by atoms with Gasteiger partial charge in [0.15, 0.2) is 0 Å². The van der Waals surface area contributed by atoms with E-state index in [4.69, 9.17) is 9.15 Å². The molecule has 9 heteroatoms. The van der Waals surface area contributed by atoms with Crippen LogP contribution in [0, 0.1) is 11.3 Å². The number of carboxylic acid groups (broad SMARTS) is 1. The zero-order valence-electron chi connectivity index (χ0n) is 25.6. The third-order valence-electron chi connectivity index (χ3n) is 8.00. The zero-order chi connectivity index (χ0) is 30.9. The maximum atomic E-state index is 12.9. The topological polar surface area (TPSA) is 112 Å². The molecule has 4 aromatic rings. The summed E-state index contributed by atoms with van der Waals surface area (Å²) in [6.07, 6.45) is 4.24. The van der Waals surface area contributed by atoms with Gasteiger partial charge in [0.25, 0.3) is 0 Å². The van der Waals surface area contributed by atoms with Crippen LogP contribution >= 0.6 is 0 Å². The Labute approximate surface area is 252 Å². The molecule has 0 aliphatic carbocycles. The molecule has 1 N–H and O–H groups in total. The molecule has 1 aliphatic heterocycles. The van der Waals surface area contributed by atoms with Crippen molar-refractivity contribution in [1.82, 2.24) is 9.47 Å². The van der Waals surface area contributed by atoms with Gasteiger partial charge in [0.2, 0.25) is 5.76 Å². The highest BCUT2D eigenvalue weighted by atomic mass is 16.6. The van der Waals surface area contributed by atoms with E-state index in [1.54, 1.807) is 10.6 Å². The van der Waals surface area contributed by atoms with E-state index in [1.165, 1.54) is 0 Å². The summed E-state index contributed by atoms with van der Waals surface area (Å²) in [6, 6.07) is 13.6. The molecule has 2 aromatic heterocycles. The largest absolute Gasteiger partial charge is 0.475 e. The van der Waals surface area contributed by atoms with Crippen LogP contribution in [0.25, 0.3) is 21.9 Å². The Kier molecular flexibility index (Phi) is 8.52. The number of furan rings is 1. The summed E-state index contributed by atoms with van der Waals surface area (Å²) < 4.78 is 12.8. The molecule has 2 aromatic carbocycles. The molecule has 0 amide bonds. The maximum Gasteiger partial charge on any atom is 0.419 e. The van der Waals surface area contributed by atoms with Crippen molar-refractivity contribution in [3.8, 4) is 6.07 Å². The van der Waals surface area contributed by atoms with Gasteiger partial charge in [-0.2, -0.15) is 5.26 Å². The number of nitrogens with zero attached hydrogens (tertiary/aromatic N) is 4. The second-order valence-electron chi connectivity index (χ2n) is 12.6. The molecule has 5 rings (SSSR count). The molecular formula is C34H40N4O5. The van der Waals surface area contributed by atoms with Crippen LogP contribution in [0.1, 0.15) is 80.6 Å². The number of benzene rings is 2. The first kappa shape index (κ1) is 30.2. The maximum absolute atomic E-state index is 12.9. The van der Waals surface area contributed by atoms with Gasteiger partial charge in [0.05, 0.1) is 17.1 Å². The van der Waals surface area contributed by atoms with Crippen molar-refractivity contribution in [2.75, 3.05) is 37.6 Å². The molecule has 0 saturated carbocycles. The molecule has 0 bridgehead atoms. The Balaban J connectivity index is 1.18. The number of rotatable bonds is 8. The number of hydrogen-bond donors (Lipinski definition) is 1. The number of carboxylic acids is 1. The van der Waals surface area contributed by atoms with Crippen molar-refractivity contribution in [3.63, 3.8) is 0 Å². The standard InChI is InChI=1S/C34H40N4O5/c1-22(2)30-27-19-25(10-12-29(27)42-31(30)32(39)40)37-16-14-36(15-17-37)13-7-6-8-24-21-38(33(41)43-34(3,4)5)28-11-9-23(20-35)18-26(24)28/h9-12,18-19,21-22H,6-8,13-17H2,1-5H3,(H,39,40). The number of carbonyl (C=O) groups excluding carboxylic acids is 1. The normalized spacial score (nSPS) is 14.5. The summed E-state index contributed by atoms with van der Waals surface area (Å²) in [5, 5.41) is 20.8. The second kappa shape index (κ2) is 12.1. The number of aromatic nitrogens is 1. The molecule has 0 atom stereocenters.